The van der Waals surface area contributed by atoms with Crippen molar-refractivity contribution in [2.45, 2.75) is 37.8 Å². The topological polar surface area (TPSA) is 189 Å². The average molecular weight is 536 g/mol. The van der Waals surface area contributed by atoms with E-state index >= 15 is 0 Å². The molecule has 0 aliphatic carbocycles. The molecule has 37 heavy (non-hydrogen) atoms. The Bertz CT molecular complexity index is 1050. The predicted octanol–water partition coefficient (Wildman–Crippen LogP) is -0.0304. The van der Waals surface area contributed by atoms with E-state index in [4.69, 9.17) is 38.0 Å². The molecular weight excluding hydrogens is 502 g/mol. The number of piperidine rings is 1. The Kier molecular flexibility index (Phi) is 10.7. The van der Waals surface area contributed by atoms with E-state index in [-0.39, 0.29) is 48.3 Å². The van der Waals surface area contributed by atoms with Gasteiger partial charge in [0.2, 0.25) is 0 Å². The summed E-state index contributed by atoms with van der Waals surface area (Å²) in [6.45, 7) is 1.69. The highest BCUT2D eigenvalue weighted by Crippen LogP contribution is 2.19. The van der Waals surface area contributed by atoms with Gasteiger partial charge in [0.1, 0.15) is 5.75 Å². The predicted molar refractivity (Wildman–Crippen MR) is 139 cm³/mol. The molecule has 1 aliphatic rings. The van der Waals surface area contributed by atoms with Crippen molar-refractivity contribution in [3.05, 3.63) is 40.7 Å². The number of nitrogens with zero attached hydrogens (tertiary/aromatic N) is 3. The molecule has 1 aromatic heterocycles. The maximum Gasteiger partial charge on any atom is 0.274 e. The maximum atomic E-state index is 12.6. The second-order valence-electron chi connectivity index (χ2n) is 8.91. The fourth-order valence-corrected chi connectivity index (χ4v) is 4.19. The molecule has 2 aromatic rings. The normalized spacial score (nSPS) is 15.9. The Hall–Kier alpha value is -3.19. The molecule has 1 aliphatic heterocycles. The molecule has 12 nitrogen and oxygen atoms in total. The van der Waals surface area contributed by atoms with Crippen LogP contribution in [0.3, 0.4) is 0 Å². The Morgan fingerprint density at radius 3 is 2.59 bits per heavy atom. The van der Waals surface area contributed by atoms with Crippen LogP contribution in [0.25, 0.3) is 0 Å². The lowest BCUT2D eigenvalue weighted by Gasteiger charge is -2.33. The number of ether oxygens (including phenoxy) is 1. The summed E-state index contributed by atoms with van der Waals surface area (Å²) in [6, 6.07) is 6.81. The lowest BCUT2D eigenvalue weighted by Crippen LogP contribution is -2.48. The first-order valence-corrected chi connectivity index (χ1v) is 12.5. The van der Waals surface area contributed by atoms with Gasteiger partial charge in [-0.3, -0.25) is 9.59 Å². The van der Waals surface area contributed by atoms with Crippen LogP contribution in [0.4, 0.5) is 11.6 Å². The molecule has 0 spiro atoms. The lowest BCUT2D eigenvalue weighted by atomic mass is 10.0. The van der Waals surface area contributed by atoms with Crippen molar-refractivity contribution in [1.29, 1.82) is 0 Å². The Morgan fingerprint density at radius 1 is 1.16 bits per heavy atom. The number of rotatable bonds is 12. The number of aliphatic hydroxyl groups is 2. The van der Waals surface area contributed by atoms with Crippen LogP contribution in [0.1, 0.15) is 35.3 Å². The van der Waals surface area contributed by atoms with Gasteiger partial charge in [-0.05, 0) is 56.5 Å². The van der Waals surface area contributed by atoms with E-state index in [1.54, 1.807) is 0 Å². The average Bonchev–Trinajstić information content (AvgIpc) is 2.89. The van der Waals surface area contributed by atoms with Gasteiger partial charge in [-0.15, -0.1) is 0 Å². The summed E-state index contributed by atoms with van der Waals surface area (Å²) >= 11 is 5.89. The number of aliphatic hydroxyl groups excluding tert-OH is 2. The number of nitrogens with one attached hydrogen (secondary N) is 2. The molecule has 0 radical (unpaired) electrons. The monoisotopic (exact) mass is 535 g/mol. The zero-order valence-electron chi connectivity index (χ0n) is 20.5. The van der Waals surface area contributed by atoms with Gasteiger partial charge in [0.05, 0.1) is 19.3 Å². The van der Waals surface area contributed by atoms with E-state index in [1.807, 2.05) is 24.3 Å². The molecule has 13 heteroatoms. The lowest BCUT2D eigenvalue weighted by molar-refractivity contribution is -0.124. The highest BCUT2D eigenvalue weighted by Gasteiger charge is 2.24. The van der Waals surface area contributed by atoms with E-state index in [1.165, 1.54) is 0 Å². The van der Waals surface area contributed by atoms with Crippen LogP contribution in [-0.4, -0.2) is 88.4 Å². The molecule has 1 aromatic carbocycles. The molecule has 202 valence electrons. The minimum absolute atomic E-state index is 0.0136. The van der Waals surface area contributed by atoms with Gasteiger partial charge < -0.3 is 42.0 Å². The number of amides is 2. The number of hydrogen-bond acceptors (Lipinski definition) is 10. The summed E-state index contributed by atoms with van der Waals surface area (Å²) in [5.74, 6) is -0.336. The molecule has 2 amide bonds. The van der Waals surface area contributed by atoms with Gasteiger partial charge in [0.25, 0.3) is 11.8 Å². The minimum Gasteiger partial charge on any atom is -0.484 e. The molecule has 1 unspecified atom stereocenters. The minimum atomic E-state index is -0.694. The fourth-order valence-electron chi connectivity index (χ4n) is 4.07. The number of carbonyl (C=O) groups excluding carboxylic acids is 2. The summed E-state index contributed by atoms with van der Waals surface area (Å²) in [7, 11) is 0. The van der Waals surface area contributed by atoms with E-state index in [9.17, 15) is 9.59 Å². The third kappa shape index (κ3) is 8.71. The SMILES string of the molecule is Nc1nc(N)c(C(=O)NC2CCCN(CCCc3ccc(OCC(=O)NC(CO)CO)cc3)C2)nc1Cl. The van der Waals surface area contributed by atoms with Crippen LogP contribution < -0.4 is 26.8 Å². The van der Waals surface area contributed by atoms with E-state index < -0.39 is 17.9 Å². The zero-order valence-corrected chi connectivity index (χ0v) is 21.3. The van der Waals surface area contributed by atoms with Crippen LogP contribution in [0, 0.1) is 0 Å². The van der Waals surface area contributed by atoms with Gasteiger partial charge >= 0.3 is 0 Å². The maximum absolute atomic E-state index is 12.6. The summed E-state index contributed by atoms with van der Waals surface area (Å²) in [5, 5.41) is 23.4. The van der Waals surface area contributed by atoms with Gasteiger partial charge in [-0.25, -0.2) is 9.97 Å². The Morgan fingerprint density at radius 2 is 1.89 bits per heavy atom. The summed E-state index contributed by atoms with van der Waals surface area (Å²) in [4.78, 5) is 34.6. The number of nitrogen functional groups attached to an aromatic ring is 2. The van der Waals surface area contributed by atoms with Gasteiger partial charge in [0, 0.05) is 12.6 Å². The number of halogens is 1. The number of nitrogens with two attached hydrogens (primary N) is 2. The first-order valence-electron chi connectivity index (χ1n) is 12.1. The van der Waals surface area contributed by atoms with Crippen molar-refractivity contribution in [2.24, 2.45) is 0 Å². The standard InChI is InChI=1S/C24H34ClN7O5/c25-21-23(27)31-22(26)20(30-21)24(36)29-16-4-2-10-32(11-16)9-1-3-15-5-7-18(8-6-15)37-14-19(35)28-17(12-33)13-34/h5-8,16-17,33-34H,1-4,9-14H2,(H,28,35)(H,29,36)(H4,26,27,31). The quantitative estimate of drug-likeness (QED) is 0.215. The number of anilines is 2. The van der Waals surface area contributed by atoms with Crippen molar-refractivity contribution in [1.82, 2.24) is 25.5 Å². The third-order valence-corrected chi connectivity index (χ3v) is 6.28. The highest BCUT2D eigenvalue weighted by molar-refractivity contribution is 6.31. The molecule has 8 N–H and O–H groups in total. The molecule has 2 heterocycles. The number of carbonyl (C=O) groups is 2. The van der Waals surface area contributed by atoms with Crippen LogP contribution in [-0.2, 0) is 11.2 Å². The number of hydrogen-bond donors (Lipinski definition) is 6. The van der Waals surface area contributed by atoms with Gasteiger partial charge in [0.15, 0.2) is 29.1 Å². The molecule has 1 saturated heterocycles. The van der Waals surface area contributed by atoms with Crippen LogP contribution in [0.5, 0.6) is 5.75 Å². The highest BCUT2D eigenvalue weighted by atomic mass is 35.5. The van der Waals surface area contributed by atoms with Crippen molar-refractivity contribution < 1.29 is 24.5 Å². The Labute approximate surface area is 220 Å². The van der Waals surface area contributed by atoms with Crippen molar-refractivity contribution in [3.8, 4) is 5.75 Å². The second-order valence-corrected chi connectivity index (χ2v) is 9.27. The van der Waals surface area contributed by atoms with Gasteiger partial charge in [-0.2, -0.15) is 0 Å². The summed E-state index contributed by atoms with van der Waals surface area (Å²) in [6.07, 6.45) is 3.64. The molecule has 1 atom stereocenters. The van der Waals surface area contributed by atoms with E-state index in [2.05, 4.69) is 25.5 Å². The zero-order chi connectivity index (χ0) is 26.8. The number of aromatic nitrogens is 2. The number of benzene rings is 1. The van der Waals surface area contributed by atoms with E-state index in [0.717, 1.165) is 50.9 Å². The van der Waals surface area contributed by atoms with Crippen LogP contribution >= 0.6 is 11.6 Å². The van der Waals surface area contributed by atoms with Crippen molar-refractivity contribution in [3.63, 3.8) is 0 Å². The summed E-state index contributed by atoms with van der Waals surface area (Å²) < 4.78 is 5.46. The molecule has 1 fully saturated rings. The largest absolute Gasteiger partial charge is 0.484 e. The molecule has 0 saturated carbocycles. The molecule has 3 rings (SSSR count). The summed E-state index contributed by atoms with van der Waals surface area (Å²) in [5.41, 5.74) is 12.5. The van der Waals surface area contributed by atoms with Crippen LogP contribution in [0.2, 0.25) is 5.15 Å². The second kappa shape index (κ2) is 13.9. The van der Waals surface area contributed by atoms with Crippen LogP contribution in [0.15, 0.2) is 24.3 Å². The first-order chi connectivity index (χ1) is 17.8. The van der Waals surface area contributed by atoms with Crippen molar-refractivity contribution in [2.75, 3.05) is 50.9 Å². The van der Waals surface area contributed by atoms with Crippen molar-refractivity contribution >= 4 is 35.1 Å². The first kappa shape index (κ1) is 28.4. The molecular formula is C24H34ClN7O5. The van der Waals surface area contributed by atoms with E-state index in [0.29, 0.717) is 5.75 Å². The molecule has 0 bridgehead atoms. The van der Waals surface area contributed by atoms with Gasteiger partial charge in [-0.1, -0.05) is 23.7 Å². The Balaban J connectivity index is 1.39. The smallest absolute Gasteiger partial charge is 0.274 e. The third-order valence-electron chi connectivity index (χ3n) is 6.00. The number of likely N-dealkylation sites (tertiary alicyclic amines) is 1. The fraction of sp³-hybridized carbons (Fsp3) is 0.500. The number of aryl methyl sites for hydroxylation is 1.